The molecule has 0 saturated carbocycles. The van der Waals surface area contributed by atoms with E-state index in [1.165, 1.54) is 45.4 Å². The second-order valence-corrected chi connectivity index (χ2v) is 12.8. The lowest BCUT2D eigenvalue weighted by molar-refractivity contribution is -0.137. The summed E-state index contributed by atoms with van der Waals surface area (Å²) in [4.78, 5) is 68.6. The highest BCUT2D eigenvalue weighted by molar-refractivity contribution is 6.08. The fraction of sp³-hybridized carbons (Fsp3) is 0.395. The van der Waals surface area contributed by atoms with Gasteiger partial charge in [-0.2, -0.15) is 0 Å². The van der Waals surface area contributed by atoms with Gasteiger partial charge in [-0.05, 0) is 31.9 Å². The molecule has 1 atom stereocenters. The number of aromatic amines is 1. The molecule has 3 aromatic heterocycles. The Morgan fingerprint density at radius 2 is 1.56 bits per heavy atom. The fourth-order valence-electron chi connectivity index (χ4n) is 5.94. The summed E-state index contributed by atoms with van der Waals surface area (Å²) in [5.74, 6) is -2.30. The number of H-pyrrole nitrogens is 1. The van der Waals surface area contributed by atoms with Crippen molar-refractivity contribution in [1.29, 1.82) is 0 Å². The van der Waals surface area contributed by atoms with Crippen molar-refractivity contribution in [3.8, 4) is 34.1 Å². The normalized spacial score (nSPS) is 11.7. The number of aryl methyl sites for hydroxylation is 1. The number of carbonyl (C=O) groups is 3. The van der Waals surface area contributed by atoms with Crippen LogP contribution in [0.4, 0.5) is 0 Å². The molecule has 0 saturated heterocycles. The van der Waals surface area contributed by atoms with Crippen LogP contribution in [0.2, 0.25) is 0 Å². The van der Waals surface area contributed by atoms with Gasteiger partial charge >= 0.3 is 11.9 Å². The van der Waals surface area contributed by atoms with Crippen molar-refractivity contribution in [2.45, 2.75) is 45.9 Å². The Morgan fingerprint density at radius 1 is 0.915 bits per heavy atom. The van der Waals surface area contributed by atoms with E-state index in [2.05, 4.69) is 20.6 Å². The number of rotatable bonds is 22. The van der Waals surface area contributed by atoms with Gasteiger partial charge < -0.3 is 62.5 Å². The van der Waals surface area contributed by atoms with Crippen LogP contribution in [0.1, 0.15) is 41.4 Å². The zero-order chi connectivity index (χ0) is 42.6. The molecule has 0 aliphatic heterocycles. The monoisotopic (exact) mass is 825 g/mol. The number of nitrogens with one attached hydrogen (secondary N) is 2. The molecule has 0 bridgehead atoms. The Morgan fingerprint density at radius 3 is 2.22 bits per heavy atom. The van der Waals surface area contributed by atoms with Crippen molar-refractivity contribution in [3.05, 3.63) is 68.1 Å². The summed E-state index contributed by atoms with van der Waals surface area (Å²) in [6.07, 6.45) is 2.59. The van der Waals surface area contributed by atoms with E-state index in [-0.39, 0.29) is 90.6 Å². The summed E-state index contributed by atoms with van der Waals surface area (Å²) in [5, 5.41) is 19.6. The number of hydrogen-bond donors (Lipinski definition) is 3. The molecule has 2 aromatic carbocycles. The lowest BCUT2D eigenvalue weighted by Crippen LogP contribution is -2.35. The number of carboxylic acids is 1. The smallest absolute Gasteiger partial charge is 0.343 e. The van der Waals surface area contributed by atoms with Crippen LogP contribution in [-0.2, 0) is 46.4 Å². The summed E-state index contributed by atoms with van der Waals surface area (Å²) >= 11 is 0. The maximum absolute atomic E-state index is 14.6. The van der Waals surface area contributed by atoms with Crippen molar-refractivity contribution in [1.82, 2.24) is 25.3 Å². The van der Waals surface area contributed by atoms with Gasteiger partial charge in [0.1, 0.15) is 36.3 Å². The number of carboxylic acid groups (broad SMARTS) is 1. The number of nitrogens with zero attached hydrogens (tertiary/aromatic N) is 3. The van der Waals surface area contributed by atoms with Crippen LogP contribution in [0.15, 0.2) is 44.7 Å². The number of hydrogen-bond acceptors (Lipinski definition) is 17. The maximum Gasteiger partial charge on any atom is 0.343 e. The number of aromatic nitrogens is 4. The molecule has 0 aliphatic carbocycles. The molecule has 0 aliphatic rings. The molecule has 316 valence electrons. The predicted molar refractivity (Wildman–Crippen MR) is 204 cm³/mol. The van der Waals surface area contributed by atoms with Gasteiger partial charge in [0.2, 0.25) is 11.3 Å². The van der Waals surface area contributed by atoms with E-state index < -0.39 is 53.8 Å². The van der Waals surface area contributed by atoms with Gasteiger partial charge in [0, 0.05) is 58.4 Å². The Kier molecular flexibility index (Phi) is 14.9. The van der Waals surface area contributed by atoms with E-state index in [0.717, 1.165) is 6.26 Å². The van der Waals surface area contributed by atoms with Crippen LogP contribution in [0.3, 0.4) is 0 Å². The van der Waals surface area contributed by atoms with E-state index in [4.69, 9.17) is 52.2 Å². The molecule has 0 spiro atoms. The Bertz CT molecular complexity index is 2420. The molecular formula is C38H43N5O16. The zero-order valence-electron chi connectivity index (χ0n) is 33.0. The van der Waals surface area contributed by atoms with Gasteiger partial charge in [-0.15, -0.1) is 5.10 Å². The van der Waals surface area contributed by atoms with Gasteiger partial charge in [0.15, 0.2) is 50.2 Å². The Balaban J connectivity index is 1.56. The van der Waals surface area contributed by atoms with E-state index in [1.807, 2.05) is 0 Å². The molecule has 5 rings (SSSR count). The minimum absolute atomic E-state index is 0.0632. The van der Waals surface area contributed by atoms with E-state index in [1.54, 1.807) is 26.0 Å². The van der Waals surface area contributed by atoms with Crippen LogP contribution < -0.4 is 35.3 Å². The number of pyridine rings is 1. The zero-order valence-corrected chi connectivity index (χ0v) is 33.0. The SMILES string of the molecule is COCOc1cc2[nH]c(=O)c(-c3coc4cc(OCOC)c(OCOC)c(C(=O)OCc5cn(CC(=O)N[C@H](C)CCC(=O)O)nn5)c4c3=O)c(C)c2cc1OCOC. The molecule has 21 nitrogen and oxygen atoms in total. The second-order valence-electron chi connectivity index (χ2n) is 12.8. The summed E-state index contributed by atoms with van der Waals surface area (Å²) in [5.41, 5.74) is -1.40. The first kappa shape index (κ1) is 43.6. The van der Waals surface area contributed by atoms with Crippen LogP contribution >= 0.6 is 0 Å². The van der Waals surface area contributed by atoms with Gasteiger partial charge in [0.25, 0.3) is 5.56 Å². The lowest BCUT2D eigenvalue weighted by Gasteiger charge is -2.18. The lowest BCUT2D eigenvalue weighted by atomic mass is 9.97. The van der Waals surface area contributed by atoms with Crippen LogP contribution in [0.5, 0.6) is 23.0 Å². The molecule has 59 heavy (non-hydrogen) atoms. The summed E-state index contributed by atoms with van der Waals surface area (Å²) in [6.45, 7) is 1.68. The van der Waals surface area contributed by atoms with Gasteiger partial charge in [0.05, 0.1) is 28.2 Å². The fourth-order valence-corrected chi connectivity index (χ4v) is 5.94. The topological polar surface area (TPSA) is 260 Å². The largest absolute Gasteiger partial charge is 0.481 e. The molecule has 3 heterocycles. The Hall–Kier alpha value is -6.55. The van der Waals surface area contributed by atoms with E-state index in [9.17, 15) is 24.0 Å². The van der Waals surface area contributed by atoms with Crippen LogP contribution in [-0.4, -0.2) is 105 Å². The highest BCUT2D eigenvalue weighted by Gasteiger charge is 2.29. The quantitative estimate of drug-likeness (QED) is 0.0669. The number of methoxy groups -OCH3 is 4. The van der Waals surface area contributed by atoms with Crippen molar-refractivity contribution in [2.75, 3.05) is 55.6 Å². The average molecular weight is 826 g/mol. The molecule has 1 amide bonds. The number of amides is 1. The minimum Gasteiger partial charge on any atom is -0.481 e. The first-order valence-corrected chi connectivity index (χ1v) is 17.8. The summed E-state index contributed by atoms with van der Waals surface area (Å²) < 4.78 is 55.8. The van der Waals surface area contributed by atoms with Gasteiger partial charge in [-0.1, -0.05) is 5.21 Å². The first-order valence-electron chi connectivity index (χ1n) is 17.8. The molecular weight excluding hydrogens is 782 g/mol. The number of benzene rings is 2. The van der Waals surface area contributed by atoms with Crippen LogP contribution in [0, 0.1) is 6.92 Å². The second kappa shape index (κ2) is 20.2. The number of ether oxygens (including phenoxy) is 9. The Labute approximate surface area is 334 Å². The molecule has 21 heteroatoms. The number of esters is 1. The molecule has 0 unspecified atom stereocenters. The van der Waals surface area contributed by atoms with Crippen molar-refractivity contribution in [3.63, 3.8) is 0 Å². The average Bonchev–Trinajstić information content (AvgIpc) is 3.66. The number of carbonyl (C=O) groups excluding carboxylic acids is 2. The van der Waals surface area contributed by atoms with Gasteiger partial charge in [-0.25, -0.2) is 9.48 Å². The summed E-state index contributed by atoms with van der Waals surface area (Å²) in [6, 6.07) is 4.08. The predicted octanol–water partition coefficient (Wildman–Crippen LogP) is 2.86. The molecule has 3 N–H and O–H groups in total. The van der Waals surface area contributed by atoms with Crippen molar-refractivity contribution in [2.24, 2.45) is 0 Å². The number of aliphatic carboxylic acids is 1. The third-order valence-corrected chi connectivity index (χ3v) is 8.56. The van der Waals surface area contributed by atoms with E-state index >= 15 is 0 Å². The molecule has 0 fully saturated rings. The summed E-state index contributed by atoms with van der Waals surface area (Å²) in [7, 11) is 5.61. The molecule has 0 radical (unpaired) electrons. The minimum atomic E-state index is -1.08. The van der Waals surface area contributed by atoms with Crippen molar-refractivity contribution < 1.29 is 66.5 Å². The standard InChI is InChI=1S/C38H43N5O16/c1-20(7-8-31(45)46)39-30(44)13-43-12-22(41-42-43)14-55-38(49)34-33-28(11-29(58-18-52-5)36(34)59-19-53-6)54-15-24(35(33)47)32-21(2)23-9-26(56-16-50-3)27(57-17-51-4)10-25(23)40-37(32)48/h9-12,15,20H,7-8,13-14,16-19H2,1-6H3,(H,39,44)(H,40,48)(H,45,46)/t20-/m1/s1. The first-order chi connectivity index (χ1) is 28.4. The van der Waals surface area contributed by atoms with Gasteiger partial charge in [-0.3, -0.25) is 19.2 Å². The molecule has 5 aromatic rings. The third-order valence-electron chi connectivity index (χ3n) is 8.56. The van der Waals surface area contributed by atoms with Crippen molar-refractivity contribution >= 4 is 39.7 Å². The third kappa shape index (κ3) is 10.5. The number of fused-ring (bicyclic) bond motifs is 2. The highest BCUT2D eigenvalue weighted by Crippen LogP contribution is 2.39. The van der Waals surface area contributed by atoms with Crippen LogP contribution in [0.25, 0.3) is 33.0 Å². The van der Waals surface area contributed by atoms with E-state index in [0.29, 0.717) is 16.5 Å². The highest BCUT2D eigenvalue weighted by atomic mass is 16.7. The maximum atomic E-state index is 14.6.